The molecule has 0 unspecified atom stereocenters. The number of benzene rings is 1. The standard InChI is InChI=1S/C13H16N4/c1-14-10-12-15-9-8-13(16-12)17(2)11-6-4-3-5-7-11/h3-9,14H,10H2,1-2H3. The average molecular weight is 228 g/mol. The van der Waals surface area contributed by atoms with Crippen LogP contribution in [0.1, 0.15) is 5.82 Å². The number of rotatable bonds is 4. The van der Waals surface area contributed by atoms with Crippen molar-refractivity contribution in [3.05, 3.63) is 48.4 Å². The Morgan fingerprint density at radius 2 is 1.94 bits per heavy atom. The second-order valence-corrected chi connectivity index (χ2v) is 3.76. The lowest BCUT2D eigenvalue weighted by atomic mass is 10.3. The van der Waals surface area contributed by atoms with E-state index in [0.29, 0.717) is 6.54 Å². The number of hydrogen-bond donors (Lipinski definition) is 1. The lowest BCUT2D eigenvalue weighted by molar-refractivity contribution is 0.757. The van der Waals surface area contributed by atoms with Gasteiger partial charge in [0.1, 0.15) is 11.6 Å². The van der Waals surface area contributed by atoms with Gasteiger partial charge in [0.25, 0.3) is 0 Å². The molecule has 1 aromatic carbocycles. The number of anilines is 2. The van der Waals surface area contributed by atoms with Gasteiger partial charge in [-0.05, 0) is 25.2 Å². The van der Waals surface area contributed by atoms with E-state index in [1.165, 1.54) is 0 Å². The van der Waals surface area contributed by atoms with Gasteiger partial charge in [-0.2, -0.15) is 0 Å². The first-order valence-corrected chi connectivity index (χ1v) is 5.56. The van der Waals surface area contributed by atoms with E-state index >= 15 is 0 Å². The molecule has 0 aliphatic carbocycles. The van der Waals surface area contributed by atoms with Crippen LogP contribution in [0.3, 0.4) is 0 Å². The van der Waals surface area contributed by atoms with Gasteiger partial charge in [0.15, 0.2) is 0 Å². The first kappa shape index (κ1) is 11.5. The fourth-order valence-corrected chi connectivity index (χ4v) is 1.60. The molecule has 1 aromatic heterocycles. The Bertz CT molecular complexity index is 470. The first-order chi connectivity index (χ1) is 8.31. The van der Waals surface area contributed by atoms with E-state index in [-0.39, 0.29) is 0 Å². The highest BCUT2D eigenvalue weighted by Gasteiger charge is 2.05. The number of aromatic nitrogens is 2. The molecule has 0 saturated heterocycles. The van der Waals surface area contributed by atoms with Crippen LogP contribution >= 0.6 is 0 Å². The van der Waals surface area contributed by atoms with E-state index < -0.39 is 0 Å². The van der Waals surface area contributed by atoms with Crippen LogP contribution in [-0.2, 0) is 6.54 Å². The van der Waals surface area contributed by atoms with E-state index in [0.717, 1.165) is 17.3 Å². The second kappa shape index (κ2) is 5.41. The van der Waals surface area contributed by atoms with Gasteiger partial charge in [-0.1, -0.05) is 18.2 Å². The summed E-state index contributed by atoms with van der Waals surface area (Å²) in [5.74, 6) is 1.70. The van der Waals surface area contributed by atoms with Gasteiger partial charge in [-0.3, -0.25) is 0 Å². The summed E-state index contributed by atoms with van der Waals surface area (Å²) in [6, 6.07) is 12.1. The minimum Gasteiger partial charge on any atom is -0.329 e. The third-order valence-electron chi connectivity index (χ3n) is 2.51. The Balaban J connectivity index is 2.25. The highest BCUT2D eigenvalue weighted by Crippen LogP contribution is 2.20. The van der Waals surface area contributed by atoms with Crippen molar-refractivity contribution in [3.8, 4) is 0 Å². The largest absolute Gasteiger partial charge is 0.329 e. The van der Waals surface area contributed by atoms with Crippen molar-refractivity contribution in [2.45, 2.75) is 6.54 Å². The summed E-state index contributed by atoms with van der Waals surface area (Å²) in [7, 11) is 3.89. The van der Waals surface area contributed by atoms with Crippen LogP contribution in [0, 0.1) is 0 Å². The van der Waals surface area contributed by atoms with Crippen molar-refractivity contribution in [2.75, 3.05) is 19.0 Å². The van der Waals surface area contributed by atoms with Gasteiger partial charge in [-0.15, -0.1) is 0 Å². The molecular formula is C13H16N4. The molecule has 17 heavy (non-hydrogen) atoms. The van der Waals surface area contributed by atoms with Crippen molar-refractivity contribution in [1.29, 1.82) is 0 Å². The van der Waals surface area contributed by atoms with Gasteiger partial charge >= 0.3 is 0 Å². The van der Waals surface area contributed by atoms with Crippen molar-refractivity contribution in [3.63, 3.8) is 0 Å². The SMILES string of the molecule is CNCc1nccc(N(C)c2ccccc2)n1. The van der Waals surface area contributed by atoms with E-state index in [2.05, 4.69) is 27.4 Å². The summed E-state index contributed by atoms with van der Waals surface area (Å²) in [5.41, 5.74) is 1.11. The Kier molecular flexibility index (Phi) is 3.67. The normalized spacial score (nSPS) is 10.2. The smallest absolute Gasteiger partial charge is 0.144 e. The third kappa shape index (κ3) is 2.79. The molecule has 0 aliphatic rings. The summed E-state index contributed by atoms with van der Waals surface area (Å²) in [6.45, 7) is 0.677. The van der Waals surface area contributed by atoms with Crippen LogP contribution in [0.15, 0.2) is 42.6 Å². The highest BCUT2D eigenvalue weighted by molar-refractivity contribution is 5.58. The molecule has 0 spiro atoms. The Morgan fingerprint density at radius 3 is 2.65 bits per heavy atom. The molecule has 0 atom stereocenters. The molecule has 2 rings (SSSR count). The maximum absolute atomic E-state index is 4.49. The quantitative estimate of drug-likeness (QED) is 0.868. The second-order valence-electron chi connectivity index (χ2n) is 3.76. The summed E-state index contributed by atoms with van der Waals surface area (Å²) in [5, 5.41) is 3.05. The summed E-state index contributed by atoms with van der Waals surface area (Å²) < 4.78 is 0. The molecule has 0 saturated carbocycles. The lowest BCUT2D eigenvalue weighted by Crippen LogP contribution is -2.14. The number of hydrogen-bond acceptors (Lipinski definition) is 4. The molecule has 0 radical (unpaired) electrons. The van der Waals surface area contributed by atoms with Crippen molar-refractivity contribution >= 4 is 11.5 Å². The van der Waals surface area contributed by atoms with Gasteiger partial charge in [0.2, 0.25) is 0 Å². The summed E-state index contributed by atoms with van der Waals surface area (Å²) in [4.78, 5) is 10.7. The van der Waals surface area contributed by atoms with Crippen LogP contribution in [0.4, 0.5) is 11.5 Å². The van der Waals surface area contributed by atoms with E-state index in [9.17, 15) is 0 Å². The summed E-state index contributed by atoms with van der Waals surface area (Å²) in [6.07, 6.45) is 1.79. The molecule has 0 fully saturated rings. The molecular weight excluding hydrogens is 212 g/mol. The minimum atomic E-state index is 0.677. The molecule has 0 bridgehead atoms. The fraction of sp³-hybridized carbons (Fsp3) is 0.231. The Labute approximate surface area is 101 Å². The van der Waals surface area contributed by atoms with E-state index in [4.69, 9.17) is 0 Å². The Morgan fingerprint density at radius 1 is 1.18 bits per heavy atom. The average Bonchev–Trinajstić information content (AvgIpc) is 2.40. The monoisotopic (exact) mass is 228 g/mol. The zero-order valence-electron chi connectivity index (χ0n) is 10.1. The fourth-order valence-electron chi connectivity index (χ4n) is 1.60. The van der Waals surface area contributed by atoms with Crippen LogP contribution < -0.4 is 10.2 Å². The van der Waals surface area contributed by atoms with Gasteiger partial charge in [-0.25, -0.2) is 9.97 Å². The van der Waals surface area contributed by atoms with Crippen molar-refractivity contribution in [2.24, 2.45) is 0 Å². The van der Waals surface area contributed by atoms with E-state index in [1.807, 2.05) is 43.3 Å². The van der Waals surface area contributed by atoms with Crippen molar-refractivity contribution < 1.29 is 0 Å². The molecule has 0 aliphatic heterocycles. The van der Waals surface area contributed by atoms with Gasteiger partial charge < -0.3 is 10.2 Å². The predicted molar refractivity (Wildman–Crippen MR) is 69.3 cm³/mol. The van der Waals surface area contributed by atoms with Crippen LogP contribution in [0.2, 0.25) is 0 Å². The highest BCUT2D eigenvalue weighted by atomic mass is 15.2. The van der Waals surface area contributed by atoms with Gasteiger partial charge in [0, 0.05) is 18.9 Å². The van der Waals surface area contributed by atoms with Crippen LogP contribution in [0.5, 0.6) is 0 Å². The maximum Gasteiger partial charge on any atom is 0.144 e. The van der Waals surface area contributed by atoms with Gasteiger partial charge in [0.05, 0.1) is 6.54 Å². The first-order valence-electron chi connectivity index (χ1n) is 5.56. The van der Waals surface area contributed by atoms with Crippen LogP contribution in [0.25, 0.3) is 0 Å². The molecule has 0 amide bonds. The molecule has 1 heterocycles. The van der Waals surface area contributed by atoms with E-state index in [1.54, 1.807) is 6.20 Å². The lowest BCUT2D eigenvalue weighted by Gasteiger charge is -2.18. The van der Waals surface area contributed by atoms with Crippen molar-refractivity contribution in [1.82, 2.24) is 15.3 Å². The molecule has 4 nitrogen and oxygen atoms in total. The zero-order valence-corrected chi connectivity index (χ0v) is 10.1. The molecule has 1 N–H and O–H groups in total. The third-order valence-corrected chi connectivity index (χ3v) is 2.51. The molecule has 88 valence electrons. The van der Waals surface area contributed by atoms with Crippen LogP contribution in [-0.4, -0.2) is 24.1 Å². The zero-order chi connectivity index (χ0) is 12.1. The molecule has 2 aromatic rings. The maximum atomic E-state index is 4.49. The Hall–Kier alpha value is -1.94. The topological polar surface area (TPSA) is 41.1 Å². The number of nitrogens with zero attached hydrogens (tertiary/aromatic N) is 3. The molecule has 4 heteroatoms. The number of nitrogens with one attached hydrogen (secondary N) is 1. The number of para-hydroxylation sites is 1. The summed E-state index contributed by atoms with van der Waals surface area (Å²) >= 11 is 0. The predicted octanol–water partition coefficient (Wildman–Crippen LogP) is 1.96. The minimum absolute atomic E-state index is 0.677.